The molecule has 3 rings (SSSR count). The maximum atomic E-state index is 13.6. The van der Waals surface area contributed by atoms with Crippen molar-refractivity contribution < 1.29 is 27.9 Å². The van der Waals surface area contributed by atoms with Crippen LogP contribution in [0.1, 0.15) is 45.6 Å². The lowest BCUT2D eigenvalue weighted by atomic mass is 9.77. The molecule has 1 aromatic carbocycles. The Labute approximate surface area is 180 Å². The van der Waals surface area contributed by atoms with Gasteiger partial charge < -0.3 is 10.4 Å². The van der Waals surface area contributed by atoms with E-state index >= 15 is 0 Å². The van der Waals surface area contributed by atoms with Gasteiger partial charge in [-0.3, -0.25) is 9.59 Å². The summed E-state index contributed by atoms with van der Waals surface area (Å²) in [5, 5.41) is 12.0. The van der Waals surface area contributed by atoms with E-state index in [1.54, 1.807) is 36.4 Å². The second-order valence-corrected chi connectivity index (χ2v) is 9.02. The van der Waals surface area contributed by atoms with Crippen molar-refractivity contribution in [1.82, 2.24) is 0 Å². The molecule has 0 aliphatic heterocycles. The third kappa shape index (κ3) is 5.20. The minimum atomic E-state index is -4.51. The van der Waals surface area contributed by atoms with Gasteiger partial charge in [-0.25, -0.2) is 0 Å². The summed E-state index contributed by atoms with van der Waals surface area (Å²) in [5.41, 5.74) is 1.90. The summed E-state index contributed by atoms with van der Waals surface area (Å²) >= 11 is 0. The van der Waals surface area contributed by atoms with Crippen molar-refractivity contribution in [3.05, 3.63) is 53.1 Å². The molecular weight excluding hydrogens is 407 g/mol. The van der Waals surface area contributed by atoms with Gasteiger partial charge in [0.1, 0.15) is 0 Å². The number of rotatable bonds is 7. The topological polar surface area (TPSA) is 66.4 Å². The fraction of sp³-hybridized carbons (Fsp3) is 0.500. The van der Waals surface area contributed by atoms with E-state index in [9.17, 15) is 27.9 Å². The Hall–Kier alpha value is -2.57. The Balaban J connectivity index is 1.82. The molecule has 0 bridgehead atoms. The van der Waals surface area contributed by atoms with Gasteiger partial charge in [-0.1, -0.05) is 49.3 Å². The van der Waals surface area contributed by atoms with Gasteiger partial charge in [-0.15, -0.1) is 0 Å². The average molecular weight is 435 g/mol. The molecule has 1 saturated carbocycles. The number of allylic oxidation sites excluding steroid dienone is 3. The first kappa shape index (κ1) is 23.1. The molecule has 3 atom stereocenters. The first-order valence-corrected chi connectivity index (χ1v) is 10.5. The molecule has 0 saturated heterocycles. The SMILES string of the molecule is CC1=CC=C(C(C(=O)Nc2cccc(CC3(C(=O)O)CC3)c2)C(C)C(F)(F)F)CC1C. The highest BCUT2D eigenvalue weighted by molar-refractivity contribution is 5.94. The minimum Gasteiger partial charge on any atom is -0.481 e. The van der Waals surface area contributed by atoms with Crippen molar-refractivity contribution in [3.63, 3.8) is 0 Å². The maximum Gasteiger partial charge on any atom is 0.392 e. The highest BCUT2D eigenvalue weighted by atomic mass is 19.4. The van der Waals surface area contributed by atoms with Crippen LogP contribution >= 0.6 is 0 Å². The van der Waals surface area contributed by atoms with Crippen LogP contribution in [-0.4, -0.2) is 23.2 Å². The zero-order valence-corrected chi connectivity index (χ0v) is 17.9. The normalized spacial score (nSPS) is 22.1. The highest BCUT2D eigenvalue weighted by Gasteiger charge is 2.50. The molecule has 2 aliphatic rings. The van der Waals surface area contributed by atoms with E-state index in [4.69, 9.17) is 0 Å². The third-order valence-electron chi connectivity index (χ3n) is 6.62. The van der Waals surface area contributed by atoms with E-state index in [-0.39, 0.29) is 5.92 Å². The van der Waals surface area contributed by atoms with Crippen molar-refractivity contribution in [1.29, 1.82) is 0 Å². The molecule has 1 amide bonds. The number of amides is 1. The van der Waals surface area contributed by atoms with Crippen LogP contribution in [-0.2, 0) is 16.0 Å². The van der Waals surface area contributed by atoms with E-state index in [2.05, 4.69) is 5.32 Å². The predicted octanol–water partition coefficient (Wildman–Crippen LogP) is 5.76. The number of carboxylic acids is 1. The van der Waals surface area contributed by atoms with E-state index in [1.807, 2.05) is 13.8 Å². The number of halogens is 3. The van der Waals surface area contributed by atoms with Crippen LogP contribution in [0.4, 0.5) is 18.9 Å². The zero-order valence-electron chi connectivity index (χ0n) is 17.9. The first-order valence-electron chi connectivity index (χ1n) is 10.5. The molecule has 7 heteroatoms. The third-order valence-corrected chi connectivity index (χ3v) is 6.62. The molecular formula is C24H28F3NO3. The van der Waals surface area contributed by atoms with Gasteiger partial charge >= 0.3 is 12.1 Å². The standard InChI is InChI=1S/C24H28F3NO3/c1-14-7-8-18(11-15(14)2)20(16(3)24(25,26)27)21(29)28-19-6-4-5-17(12-19)13-23(9-10-23)22(30)31/h4-8,12,15-16,20H,9-11,13H2,1-3H3,(H,28,29)(H,30,31). The summed E-state index contributed by atoms with van der Waals surface area (Å²) in [5.74, 6) is -4.63. The molecule has 168 valence electrons. The van der Waals surface area contributed by atoms with E-state index in [1.165, 1.54) is 0 Å². The summed E-state index contributed by atoms with van der Waals surface area (Å²) in [4.78, 5) is 24.5. The number of alkyl halides is 3. The fourth-order valence-electron chi connectivity index (χ4n) is 4.11. The maximum absolute atomic E-state index is 13.6. The summed E-state index contributed by atoms with van der Waals surface area (Å²) in [7, 11) is 0. The van der Waals surface area contributed by atoms with Gasteiger partial charge in [0.15, 0.2) is 0 Å². The van der Waals surface area contributed by atoms with E-state index in [0.29, 0.717) is 36.9 Å². The van der Waals surface area contributed by atoms with Gasteiger partial charge in [0.2, 0.25) is 5.91 Å². The molecule has 1 fully saturated rings. The molecule has 31 heavy (non-hydrogen) atoms. The lowest BCUT2D eigenvalue weighted by Crippen LogP contribution is -2.38. The van der Waals surface area contributed by atoms with Crippen molar-refractivity contribution in [2.24, 2.45) is 23.2 Å². The second-order valence-electron chi connectivity index (χ2n) is 9.02. The van der Waals surface area contributed by atoms with Gasteiger partial charge in [0.25, 0.3) is 0 Å². The lowest BCUT2D eigenvalue weighted by Gasteiger charge is -2.30. The quantitative estimate of drug-likeness (QED) is 0.572. The van der Waals surface area contributed by atoms with Crippen LogP contribution in [0.5, 0.6) is 0 Å². The van der Waals surface area contributed by atoms with Crippen molar-refractivity contribution in [2.75, 3.05) is 5.32 Å². The number of aliphatic carboxylic acids is 1. The van der Waals surface area contributed by atoms with Crippen LogP contribution in [0, 0.1) is 23.2 Å². The van der Waals surface area contributed by atoms with Gasteiger partial charge in [-0.05, 0) is 56.2 Å². The van der Waals surface area contributed by atoms with Crippen molar-refractivity contribution >= 4 is 17.6 Å². The summed E-state index contributed by atoms with van der Waals surface area (Å²) in [6.45, 7) is 4.90. The lowest BCUT2D eigenvalue weighted by molar-refractivity contribution is -0.182. The number of nitrogens with one attached hydrogen (secondary N) is 1. The van der Waals surface area contributed by atoms with Gasteiger partial charge in [0, 0.05) is 5.69 Å². The molecule has 0 radical (unpaired) electrons. The molecule has 0 spiro atoms. The number of carboxylic acid groups (broad SMARTS) is 1. The Morgan fingerprint density at radius 3 is 2.48 bits per heavy atom. The van der Waals surface area contributed by atoms with Crippen molar-refractivity contribution in [3.8, 4) is 0 Å². The average Bonchev–Trinajstić information content (AvgIpc) is 3.45. The van der Waals surface area contributed by atoms with Crippen LogP contribution in [0.2, 0.25) is 0 Å². The van der Waals surface area contributed by atoms with Crippen LogP contribution in [0.3, 0.4) is 0 Å². The van der Waals surface area contributed by atoms with Gasteiger partial charge in [0.05, 0.1) is 17.3 Å². The molecule has 4 nitrogen and oxygen atoms in total. The van der Waals surface area contributed by atoms with E-state index in [0.717, 1.165) is 18.1 Å². The number of hydrogen-bond acceptors (Lipinski definition) is 2. The summed E-state index contributed by atoms with van der Waals surface area (Å²) in [6, 6.07) is 6.71. The first-order chi connectivity index (χ1) is 14.4. The predicted molar refractivity (Wildman–Crippen MR) is 112 cm³/mol. The summed E-state index contributed by atoms with van der Waals surface area (Å²) < 4.78 is 40.7. The number of carbonyl (C=O) groups excluding carboxylic acids is 1. The van der Waals surface area contributed by atoms with Crippen molar-refractivity contribution in [2.45, 2.75) is 52.6 Å². The molecule has 1 aromatic rings. The smallest absolute Gasteiger partial charge is 0.392 e. The number of hydrogen-bond donors (Lipinski definition) is 2. The van der Waals surface area contributed by atoms with Crippen LogP contribution in [0.15, 0.2) is 47.6 Å². The Bertz CT molecular complexity index is 928. The molecule has 0 aromatic heterocycles. The summed E-state index contributed by atoms with van der Waals surface area (Å²) in [6.07, 6.45) is 0.857. The Morgan fingerprint density at radius 1 is 1.26 bits per heavy atom. The van der Waals surface area contributed by atoms with Crippen LogP contribution < -0.4 is 5.32 Å². The monoisotopic (exact) mass is 435 g/mol. The Morgan fingerprint density at radius 2 is 1.94 bits per heavy atom. The molecule has 0 heterocycles. The van der Waals surface area contributed by atoms with E-state index < -0.39 is 35.3 Å². The fourth-order valence-corrected chi connectivity index (χ4v) is 4.11. The zero-order chi connectivity index (χ0) is 23.0. The molecule has 3 unspecified atom stereocenters. The number of anilines is 1. The highest BCUT2D eigenvalue weighted by Crippen LogP contribution is 2.48. The Kier molecular flexibility index (Phi) is 6.35. The van der Waals surface area contributed by atoms with Gasteiger partial charge in [-0.2, -0.15) is 13.2 Å². The number of benzene rings is 1. The largest absolute Gasteiger partial charge is 0.481 e. The minimum absolute atomic E-state index is 0.0739. The molecule has 2 aliphatic carbocycles. The molecule has 2 N–H and O–H groups in total. The number of carbonyl (C=O) groups is 2. The van der Waals surface area contributed by atoms with Crippen LogP contribution in [0.25, 0.3) is 0 Å². The second kappa shape index (κ2) is 8.52.